The normalized spacial score (nSPS) is 17.6. The van der Waals surface area contributed by atoms with Gasteiger partial charge in [-0.1, -0.05) is 37.4 Å². The minimum atomic E-state index is -0.619. The Labute approximate surface area is 173 Å². The summed E-state index contributed by atoms with van der Waals surface area (Å²) in [6.07, 6.45) is 7.90. The van der Waals surface area contributed by atoms with Crippen LogP contribution in [0, 0.1) is 17.7 Å². The summed E-state index contributed by atoms with van der Waals surface area (Å²) in [5.74, 6) is -1.16. The van der Waals surface area contributed by atoms with Crippen molar-refractivity contribution < 1.29 is 19.2 Å². The zero-order valence-corrected chi connectivity index (χ0v) is 17.3. The number of carbonyl (C=O) groups excluding carboxylic acids is 2. The topological polar surface area (TPSA) is 111 Å². The summed E-state index contributed by atoms with van der Waals surface area (Å²) in [5, 5.41) is 10.4. The van der Waals surface area contributed by atoms with E-state index in [0.717, 1.165) is 45.2 Å². The van der Waals surface area contributed by atoms with Gasteiger partial charge >= 0.3 is 0 Å². The van der Waals surface area contributed by atoms with Crippen molar-refractivity contribution in [2.45, 2.75) is 43.7 Å². The SMILES string of the molecule is CSc1nc(NNC(=O)[C@H](CC2CCCC2)CN(O)C=O)c(F)c(N2CCC2)n1. The van der Waals surface area contributed by atoms with Crippen molar-refractivity contribution in [3.63, 3.8) is 0 Å². The predicted molar refractivity (Wildman–Crippen MR) is 107 cm³/mol. The second-order valence-corrected chi connectivity index (χ2v) is 8.24. The van der Waals surface area contributed by atoms with E-state index in [0.29, 0.717) is 22.6 Å². The van der Waals surface area contributed by atoms with Crippen LogP contribution in [-0.2, 0) is 9.59 Å². The van der Waals surface area contributed by atoms with Crippen LogP contribution in [0.5, 0.6) is 0 Å². The Kier molecular flexibility index (Phi) is 7.48. The van der Waals surface area contributed by atoms with E-state index in [1.807, 2.05) is 4.90 Å². The van der Waals surface area contributed by atoms with Crippen molar-refractivity contribution in [1.29, 1.82) is 0 Å². The molecule has 0 bridgehead atoms. The summed E-state index contributed by atoms with van der Waals surface area (Å²) in [6, 6.07) is 0. The molecule has 3 rings (SSSR count). The molecule has 1 aliphatic heterocycles. The number of hydroxylamine groups is 2. The second-order valence-electron chi connectivity index (χ2n) is 7.46. The summed E-state index contributed by atoms with van der Waals surface area (Å²) in [7, 11) is 0. The van der Waals surface area contributed by atoms with E-state index in [4.69, 9.17) is 0 Å². The summed E-state index contributed by atoms with van der Waals surface area (Å²) >= 11 is 1.28. The molecule has 0 radical (unpaired) electrons. The molecule has 0 unspecified atom stereocenters. The maximum absolute atomic E-state index is 14.8. The molecule has 2 fully saturated rings. The number of hydrogen-bond donors (Lipinski definition) is 3. The fourth-order valence-corrected chi connectivity index (χ4v) is 4.09. The van der Waals surface area contributed by atoms with Crippen molar-refractivity contribution in [2.24, 2.45) is 11.8 Å². The van der Waals surface area contributed by atoms with Crippen LogP contribution in [0.3, 0.4) is 0 Å². The quantitative estimate of drug-likeness (QED) is 0.171. The number of carbonyl (C=O) groups is 2. The first kappa shape index (κ1) is 21.6. The zero-order valence-electron chi connectivity index (χ0n) is 16.4. The van der Waals surface area contributed by atoms with Crippen molar-refractivity contribution in [3.8, 4) is 0 Å². The van der Waals surface area contributed by atoms with Crippen LogP contribution in [0.1, 0.15) is 38.5 Å². The van der Waals surface area contributed by atoms with Crippen LogP contribution < -0.4 is 15.8 Å². The second kappa shape index (κ2) is 10.1. The van der Waals surface area contributed by atoms with Gasteiger partial charge in [0.1, 0.15) is 0 Å². The Hall–Kier alpha value is -2.14. The highest BCUT2D eigenvalue weighted by molar-refractivity contribution is 7.98. The molecule has 0 spiro atoms. The van der Waals surface area contributed by atoms with Crippen molar-refractivity contribution in [2.75, 3.05) is 36.2 Å². The molecule has 3 N–H and O–H groups in total. The third kappa shape index (κ3) is 5.47. The highest BCUT2D eigenvalue weighted by atomic mass is 32.2. The van der Waals surface area contributed by atoms with Crippen molar-refractivity contribution in [1.82, 2.24) is 20.5 Å². The first-order valence-electron chi connectivity index (χ1n) is 9.85. The molecular formula is C18H27FN6O3S. The molecule has 11 heteroatoms. The monoisotopic (exact) mass is 426 g/mol. The first-order valence-corrected chi connectivity index (χ1v) is 11.1. The molecule has 29 heavy (non-hydrogen) atoms. The molecule has 1 atom stereocenters. The number of aromatic nitrogens is 2. The Morgan fingerprint density at radius 1 is 1.38 bits per heavy atom. The molecule has 1 saturated heterocycles. The van der Waals surface area contributed by atoms with Gasteiger partial charge in [-0.05, 0) is 25.0 Å². The third-order valence-corrected chi connectivity index (χ3v) is 6.00. The van der Waals surface area contributed by atoms with Crippen LogP contribution in [0.2, 0.25) is 0 Å². The van der Waals surface area contributed by atoms with Gasteiger partial charge < -0.3 is 4.90 Å². The molecule has 160 valence electrons. The zero-order chi connectivity index (χ0) is 20.8. The minimum absolute atomic E-state index is 0.101. The van der Waals surface area contributed by atoms with Gasteiger partial charge in [-0.25, -0.2) is 15.0 Å². The Morgan fingerprint density at radius 3 is 2.69 bits per heavy atom. The van der Waals surface area contributed by atoms with E-state index in [1.54, 1.807) is 6.26 Å². The number of rotatable bonds is 10. The van der Waals surface area contributed by atoms with E-state index in [1.165, 1.54) is 11.8 Å². The lowest BCUT2D eigenvalue weighted by molar-refractivity contribution is -0.154. The summed E-state index contributed by atoms with van der Waals surface area (Å²) in [5.41, 5.74) is 5.07. The van der Waals surface area contributed by atoms with E-state index >= 15 is 0 Å². The van der Waals surface area contributed by atoms with Gasteiger partial charge in [0, 0.05) is 13.1 Å². The van der Waals surface area contributed by atoms with Crippen LogP contribution in [0.4, 0.5) is 16.0 Å². The van der Waals surface area contributed by atoms with Crippen molar-refractivity contribution >= 4 is 35.7 Å². The Morgan fingerprint density at radius 2 is 2.10 bits per heavy atom. The number of hydrogen-bond acceptors (Lipinski definition) is 8. The average Bonchev–Trinajstić information content (AvgIpc) is 3.19. The van der Waals surface area contributed by atoms with Crippen LogP contribution in [0.25, 0.3) is 0 Å². The summed E-state index contributed by atoms with van der Waals surface area (Å²) in [4.78, 5) is 33.6. The van der Waals surface area contributed by atoms with Gasteiger partial charge in [-0.15, -0.1) is 0 Å². The molecule has 9 nitrogen and oxygen atoms in total. The lowest BCUT2D eigenvalue weighted by atomic mass is 9.92. The molecule has 2 amide bonds. The molecule has 1 aromatic heterocycles. The standard InChI is InChI=1S/C18H27FN6O3S/c1-29-18-20-15(14(19)16(21-18)24-7-4-8-24)22-23-17(27)13(10-25(28)11-26)9-12-5-2-3-6-12/h11-13,28H,2-10H2,1H3,(H,23,27)(H,20,21,22)/t13-/m1/s1. The molecular weight excluding hydrogens is 399 g/mol. The molecule has 2 heterocycles. The maximum atomic E-state index is 14.8. The third-order valence-electron chi connectivity index (χ3n) is 5.45. The minimum Gasteiger partial charge on any atom is -0.354 e. The van der Waals surface area contributed by atoms with Crippen LogP contribution >= 0.6 is 11.8 Å². The number of anilines is 2. The largest absolute Gasteiger partial charge is 0.354 e. The van der Waals surface area contributed by atoms with Gasteiger partial charge in [-0.2, -0.15) is 4.39 Å². The predicted octanol–water partition coefficient (Wildman–Crippen LogP) is 2.03. The molecule has 0 aromatic carbocycles. The van der Waals surface area contributed by atoms with E-state index < -0.39 is 17.6 Å². The Balaban J connectivity index is 1.68. The number of nitrogens with zero attached hydrogens (tertiary/aromatic N) is 4. The summed E-state index contributed by atoms with van der Waals surface area (Å²) < 4.78 is 14.8. The number of thioether (sulfide) groups is 1. The summed E-state index contributed by atoms with van der Waals surface area (Å²) in [6.45, 7) is 1.35. The highest BCUT2D eigenvalue weighted by Gasteiger charge is 2.28. The number of hydrazine groups is 1. The fourth-order valence-electron chi connectivity index (χ4n) is 3.73. The lowest BCUT2D eigenvalue weighted by Crippen LogP contribution is -2.42. The first-order chi connectivity index (χ1) is 14.0. The Bertz CT molecular complexity index is 730. The smallest absolute Gasteiger partial charge is 0.243 e. The number of halogens is 1. The van der Waals surface area contributed by atoms with Gasteiger partial charge in [0.25, 0.3) is 0 Å². The van der Waals surface area contributed by atoms with Gasteiger partial charge in [0.15, 0.2) is 16.8 Å². The lowest BCUT2D eigenvalue weighted by Gasteiger charge is -2.32. The maximum Gasteiger partial charge on any atom is 0.243 e. The van der Waals surface area contributed by atoms with Crippen LogP contribution in [-0.4, -0.2) is 58.4 Å². The van der Waals surface area contributed by atoms with Gasteiger partial charge in [0.2, 0.25) is 18.1 Å². The van der Waals surface area contributed by atoms with E-state index in [2.05, 4.69) is 20.8 Å². The molecule has 1 saturated carbocycles. The van der Waals surface area contributed by atoms with Crippen molar-refractivity contribution in [3.05, 3.63) is 5.82 Å². The molecule has 2 aliphatic rings. The van der Waals surface area contributed by atoms with E-state index in [9.17, 15) is 19.2 Å². The number of nitrogens with one attached hydrogen (secondary N) is 2. The van der Waals surface area contributed by atoms with Gasteiger partial charge in [0.05, 0.1) is 12.5 Å². The molecule has 1 aliphatic carbocycles. The van der Waals surface area contributed by atoms with Crippen LogP contribution in [0.15, 0.2) is 5.16 Å². The fraction of sp³-hybridized carbons (Fsp3) is 0.667. The van der Waals surface area contributed by atoms with E-state index in [-0.39, 0.29) is 24.6 Å². The van der Waals surface area contributed by atoms with Gasteiger partial charge in [-0.3, -0.25) is 25.6 Å². The number of amides is 2. The highest BCUT2D eigenvalue weighted by Crippen LogP contribution is 2.31. The molecule has 1 aromatic rings. The average molecular weight is 427 g/mol.